The molecule has 136 valence electrons. The standard InChI is InChI=1S/C20H38O3/c1-2-3-4-5-6-7-8-9-10-11-12-13-14-15-16-17-19(21)18-20(22)23/h9-10,18,20-23H,2-8,11-17H2,1H3/b10-9-,19-18?. The van der Waals surface area contributed by atoms with E-state index in [1.165, 1.54) is 70.6 Å². The summed E-state index contributed by atoms with van der Waals surface area (Å²) in [5, 5.41) is 26.7. The van der Waals surface area contributed by atoms with Crippen molar-refractivity contribution < 1.29 is 15.3 Å². The van der Waals surface area contributed by atoms with E-state index in [1.54, 1.807) is 0 Å². The lowest BCUT2D eigenvalue weighted by Gasteiger charge is -2.02. The Morgan fingerprint density at radius 2 is 1.22 bits per heavy atom. The Morgan fingerprint density at radius 3 is 1.74 bits per heavy atom. The molecule has 0 heterocycles. The molecule has 3 N–H and O–H groups in total. The van der Waals surface area contributed by atoms with E-state index in [1.807, 2.05) is 0 Å². The smallest absolute Gasteiger partial charge is 0.174 e. The summed E-state index contributed by atoms with van der Waals surface area (Å²) in [5.41, 5.74) is 0. The first-order valence-corrected chi connectivity index (χ1v) is 9.57. The molecule has 3 nitrogen and oxygen atoms in total. The molecule has 0 bridgehead atoms. The molecule has 3 heteroatoms. The minimum Gasteiger partial charge on any atom is -0.512 e. The summed E-state index contributed by atoms with van der Waals surface area (Å²) < 4.78 is 0. The Labute approximate surface area is 143 Å². The van der Waals surface area contributed by atoms with Crippen molar-refractivity contribution in [3.8, 4) is 0 Å². The molecule has 0 aliphatic rings. The van der Waals surface area contributed by atoms with Gasteiger partial charge in [-0.3, -0.25) is 0 Å². The van der Waals surface area contributed by atoms with Gasteiger partial charge >= 0.3 is 0 Å². The largest absolute Gasteiger partial charge is 0.512 e. The van der Waals surface area contributed by atoms with Crippen LogP contribution in [0.1, 0.15) is 96.8 Å². The van der Waals surface area contributed by atoms with E-state index in [-0.39, 0.29) is 5.76 Å². The third-order valence-corrected chi connectivity index (χ3v) is 4.04. The maximum atomic E-state index is 9.36. The van der Waals surface area contributed by atoms with Gasteiger partial charge in [0.05, 0.1) is 5.76 Å². The molecular weight excluding hydrogens is 288 g/mol. The van der Waals surface area contributed by atoms with Gasteiger partial charge in [-0.05, 0) is 32.1 Å². The fraction of sp³-hybridized carbons (Fsp3) is 0.800. The minimum atomic E-state index is -1.54. The molecule has 0 aromatic carbocycles. The summed E-state index contributed by atoms with van der Waals surface area (Å²) in [7, 11) is 0. The van der Waals surface area contributed by atoms with Crippen LogP contribution in [0.25, 0.3) is 0 Å². The van der Waals surface area contributed by atoms with Gasteiger partial charge in [-0.1, -0.05) is 70.4 Å². The predicted molar refractivity (Wildman–Crippen MR) is 98.4 cm³/mol. The van der Waals surface area contributed by atoms with Crippen LogP contribution in [0.4, 0.5) is 0 Å². The fourth-order valence-corrected chi connectivity index (χ4v) is 2.63. The second-order valence-corrected chi connectivity index (χ2v) is 6.41. The van der Waals surface area contributed by atoms with Crippen LogP contribution in [0.5, 0.6) is 0 Å². The first-order chi connectivity index (χ1) is 11.2. The van der Waals surface area contributed by atoms with Crippen molar-refractivity contribution >= 4 is 0 Å². The number of rotatable bonds is 16. The molecule has 0 atom stereocenters. The van der Waals surface area contributed by atoms with Crippen LogP contribution in [0, 0.1) is 0 Å². The molecule has 0 spiro atoms. The zero-order valence-electron chi connectivity index (χ0n) is 15.1. The van der Waals surface area contributed by atoms with E-state index < -0.39 is 6.29 Å². The second kappa shape index (κ2) is 17.6. The second-order valence-electron chi connectivity index (χ2n) is 6.41. The lowest BCUT2D eigenvalue weighted by molar-refractivity contribution is -0.000276. The highest BCUT2D eigenvalue weighted by Gasteiger charge is 1.98. The molecule has 0 aliphatic heterocycles. The van der Waals surface area contributed by atoms with Crippen molar-refractivity contribution in [2.75, 3.05) is 0 Å². The van der Waals surface area contributed by atoms with Crippen molar-refractivity contribution in [3.63, 3.8) is 0 Å². The SMILES string of the molecule is CCCCCCCC/C=C\CCCCCCCC(O)=CC(O)O. The van der Waals surface area contributed by atoms with E-state index in [0.29, 0.717) is 6.42 Å². The molecule has 0 aromatic rings. The van der Waals surface area contributed by atoms with Gasteiger partial charge in [-0.25, -0.2) is 0 Å². The quantitative estimate of drug-likeness (QED) is 0.146. The Bertz CT molecular complexity index is 295. The first-order valence-electron chi connectivity index (χ1n) is 9.57. The van der Waals surface area contributed by atoms with Crippen molar-refractivity contribution in [1.82, 2.24) is 0 Å². The molecule has 0 saturated carbocycles. The molecule has 0 fully saturated rings. The van der Waals surface area contributed by atoms with Gasteiger partial charge in [0.25, 0.3) is 0 Å². The summed E-state index contributed by atoms with van der Waals surface area (Å²) in [6.07, 6.45) is 21.0. The van der Waals surface area contributed by atoms with Gasteiger partial charge < -0.3 is 15.3 Å². The Kier molecular flexibility index (Phi) is 16.9. The molecule has 0 radical (unpaired) electrons. The summed E-state index contributed by atoms with van der Waals surface area (Å²) in [5.74, 6) is 0.0811. The summed E-state index contributed by atoms with van der Waals surface area (Å²) >= 11 is 0. The molecule has 0 saturated heterocycles. The number of hydrogen-bond acceptors (Lipinski definition) is 3. The number of hydrogen-bond donors (Lipinski definition) is 3. The Balaban J connectivity index is 3.22. The van der Waals surface area contributed by atoms with Gasteiger partial charge in [0.1, 0.15) is 0 Å². The highest BCUT2D eigenvalue weighted by molar-refractivity contribution is 4.92. The van der Waals surface area contributed by atoms with E-state index >= 15 is 0 Å². The third kappa shape index (κ3) is 19.2. The van der Waals surface area contributed by atoms with Crippen LogP contribution in [-0.4, -0.2) is 21.6 Å². The van der Waals surface area contributed by atoms with Crippen molar-refractivity contribution in [1.29, 1.82) is 0 Å². The molecule has 0 unspecified atom stereocenters. The van der Waals surface area contributed by atoms with Crippen molar-refractivity contribution in [2.24, 2.45) is 0 Å². The molecular formula is C20H38O3. The van der Waals surface area contributed by atoms with Crippen LogP contribution in [0.3, 0.4) is 0 Å². The lowest BCUT2D eigenvalue weighted by Crippen LogP contribution is -2.00. The van der Waals surface area contributed by atoms with Gasteiger partial charge in [0.2, 0.25) is 0 Å². The van der Waals surface area contributed by atoms with Gasteiger partial charge in [0, 0.05) is 12.5 Å². The molecule has 0 aliphatic carbocycles. The monoisotopic (exact) mass is 326 g/mol. The van der Waals surface area contributed by atoms with E-state index in [4.69, 9.17) is 10.2 Å². The topological polar surface area (TPSA) is 60.7 Å². The number of unbranched alkanes of at least 4 members (excludes halogenated alkanes) is 11. The zero-order chi connectivity index (χ0) is 17.2. The highest BCUT2D eigenvalue weighted by atomic mass is 16.5. The van der Waals surface area contributed by atoms with Crippen LogP contribution >= 0.6 is 0 Å². The highest BCUT2D eigenvalue weighted by Crippen LogP contribution is 2.11. The predicted octanol–water partition coefficient (Wildman–Crippen LogP) is 5.78. The number of aliphatic hydroxyl groups excluding tert-OH is 2. The van der Waals surface area contributed by atoms with Gasteiger partial charge in [-0.15, -0.1) is 0 Å². The molecule has 0 amide bonds. The van der Waals surface area contributed by atoms with E-state index in [2.05, 4.69) is 19.1 Å². The first kappa shape index (κ1) is 22.2. The maximum Gasteiger partial charge on any atom is 0.174 e. The zero-order valence-corrected chi connectivity index (χ0v) is 15.1. The fourth-order valence-electron chi connectivity index (χ4n) is 2.63. The van der Waals surface area contributed by atoms with Gasteiger partial charge in [0.15, 0.2) is 6.29 Å². The Morgan fingerprint density at radius 1 is 0.739 bits per heavy atom. The summed E-state index contributed by atoms with van der Waals surface area (Å²) in [6.45, 7) is 2.26. The summed E-state index contributed by atoms with van der Waals surface area (Å²) in [4.78, 5) is 0. The number of aliphatic hydroxyl groups is 3. The molecule has 23 heavy (non-hydrogen) atoms. The Hall–Kier alpha value is -0.800. The van der Waals surface area contributed by atoms with E-state index in [9.17, 15) is 5.11 Å². The van der Waals surface area contributed by atoms with Crippen molar-refractivity contribution in [2.45, 2.75) is 103 Å². The lowest BCUT2D eigenvalue weighted by atomic mass is 10.1. The maximum absolute atomic E-state index is 9.36. The van der Waals surface area contributed by atoms with E-state index in [0.717, 1.165) is 18.9 Å². The minimum absolute atomic E-state index is 0.0811. The molecule has 0 aromatic heterocycles. The summed E-state index contributed by atoms with van der Waals surface area (Å²) in [6, 6.07) is 0. The normalized spacial score (nSPS) is 12.6. The molecule has 0 rings (SSSR count). The van der Waals surface area contributed by atoms with Crippen molar-refractivity contribution in [3.05, 3.63) is 24.0 Å². The average molecular weight is 327 g/mol. The average Bonchev–Trinajstić information content (AvgIpc) is 2.50. The number of allylic oxidation sites excluding steroid dienone is 3. The van der Waals surface area contributed by atoms with Crippen LogP contribution in [0.2, 0.25) is 0 Å². The van der Waals surface area contributed by atoms with Crippen LogP contribution < -0.4 is 0 Å². The van der Waals surface area contributed by atoms with Crippen LogP contribution in [0.15, 0.2) is 24.0 Å². The third-order valence-electron chi connectivity index (χ3n) is 4.04. The van der Waals surface area contributed by atoms with Gasteiger partial charge in [-0.2, -0.15) is 0 Å². The van der Waals surface area contributed by atoms with Crippen LogP contribution in [-0.2, 0) is 0 Å².